The molecule has 0 aliphatic carbocycles. The molecule has 0 radical (unpaired) electrons. The summed E-state index contributed by atoms with van der Waals surface area (Å²) in [6, 6.07) is 1.73. The number of halogens is 1. The summed E-state index contributed by atoms with van der Waals surface area (Å²) in [6.45, 7) is 3.79. The molecule has 0 unspecified atom stereocenters. The van der Waals surface area contributed by atoms with Gasteiger partial charge in [-0.15, -0.1) is 0 Å². The predicted octanol–water partition coefficient (Wildman–Crippen LogP) is 1.97. The molecule has 5 N–H and O–H groups in total. The molecule has 9 heteroatoms. The first-order valence-electron chi connectivity index (χ1n) is 8.32. The van der Waals surface area contributed by atoms with E-state index in [0.717, 1.165) is 31.5 Å². The number of nitrogens with zero attached hydrogens (tertiary/aromatic N) is 4. The molecule has 0 aromatic carbocycles. The van der Waals surface area contributed by atoms with Gasteiger partial charge in [0.05, 0.1) is 11.2 Å². The Morgan fingerprint density at radius 2 is 2.12 bits per heavy atom. The number of pyridine rings is 1. The highest BCUT2D eigenvalue weighted by Crippen LogP contribution is 2.24. The summed E-state index contributed by atoms with van der Waals surface area (Å²) < 4.78 is 5.45. The van der Waals surface area contributed by atoms with E-state index in [-0.39, 0.29) is 29.6 Å². The summed E-state index contributed by atoms with van der Waals surface area (Å²) in [6.07, 6.45) is 6.51. The van der Waals surface area contributed by atoms with Crippen molar-refractivity contribution < 1.29 is 4.74 Å². The van der Waals surface area contributed by atoms with Crippen LogP contribution in [0, 0.1) is 5.41 Å². The molecular formula is C17H22ClN7O. The molecule has 1 fully saturated rings. The molecular weight excluding hydrogens is 354 g/mol. The molecule has 8 nitrogen and oxygen atoms in total. The zero-order chi connectivity index (χ0) is 18.7. The van der Waals surface area contributed by atoms with Crippen molar-refractivity contribution in [1.82, 2.24) is 15.0 Å². The Kier molecular flexibility index (Phi) is 5.24. The lowest BCUT2D eigenvalue weighted by Crippen LogP contribution is -2.48. The van der Waals surface area contributed by atoms with Gasteiger partial charge in [-0.3, -0.25) is 10.4 Å². The van der Waals surface area contributed by atoms with Crippen molar-refractivity contribution in [2.24, 2.45) is 5.73 Å². The molecule has 3 rings (SSSR count). The predicted molar refractivity (Wildman–Crippen MR) is 101 cm³/mol. The van der Waals surface area contributed by atoms with Crippen molar-refractivity contribution in [1.29, 1.82) is 5.41 Å². The molecule has 1 aliphatic heterocycles. The van der Waals surface area contributed by atoms with Crippen molar-refractivity contribution in [2.45, 2.75) is 31.9 Å². The van der Waals surface area contributed by atoms with Gasteiger partial charge in [0, 0.05) is 36.6 Å². The first-order chi connectivity index (χ1) is 12.4. The number of hydrogen-bond donors (Lipinski definition) is 3. The fourth-order valence-corrected chi connectivity index (χ4v) is 2.88. The fourth-order valence-electron chi connectivity index (χ4n) is 2.71. The summed E-state index contributed by atoms with van der Waals surface area (Å²) in [5.41, 5.74) is 13.0. The number of nitrogens with one attached hydrogen (secondary N) is 1. The smallest absolute Gasteiger partial charge is 0.236 e. The Morgan fingerprint density at radius 3 is 2.77 bits per heavy atom. The summed E-state index contributed by atoms with van der Waals surface area (Å²) in [4.78, 5) is 14.7. The van der Waals surface area contributed by atoms with Gasteiger partial charge in [-0.2, -0.15) is 0 Å². The van der Waals surface area contributed by atoms with E-state index in [0.29, 0.717) is 10.8 Å². The zero-order valence-corrected chi connectivity index (χ0v) is 15.3. The molecule has 2 aromatic rings. The highest BCUT2D eigenvalue weighted by molar-refractivity contribution is 6.31. The lowest BCUT2D eigenvalue weighted by molar-refractivity contribution is 0.290. The van der Waals surface area contributed by atoms with Gasteiger partial charge in [-0.05, 0) is 25.8 Å². The van der Waals surface area contributed by atoms with Gasteiger partial charge in [0.2, 0.25) is 5.90 Å². The Bertz CT molecular complexity index is 801. The minimum Gasteiger partial charge on any atom is -0.472 e. The summed E-state index contributed by atoms with van der Waals surface area (Å²) in [7, 11) is 0. The number of ether oxygens (including phenoxy) is 1. The van der Waals surface area contributed by atoms with Crippen LogP contribution >= 0.6 is 11.6 Å². The molecule has 26 heavy (non-hydrogen) atoms. The number of piperidine rings is 1. The molecule has 2 aromatic heterocycles. The average Bonchev–Trinajstić information content (AvgIpc) is 2.60. The molecule has 0 spiro atoms. The maximum atomic E-state index is 8.06. The zero-order valence-electron chi connectivity index (χ0n) is 14.6. The number of aromatic nitrogens is 3. The van der Waals surface area contributed by atoms with Gasteiger partial charge in [0.25, 0.3) is 0 Å². The largest absolute Gasteiger partial charge is 0.472 e. The van der Waals surface area contributed by atoms with Crippen molar-refractivity contribution >= 4 is 29.1 Å². The van der Waals surface area contributed by atoms with Crippen LogP contribution in [0.2, 0.25) is 5.02 Å². The van der Waals surface area contributed by atoms with Crippen LogP contribution in [0.1, 0.15) is 31.0 Å². The molecule has 1 aliphatic rings. The first kappa shape index (κ1) is 18.3. The number of nitrogen functional groups attached to an aromatic ring is 1. The van der Waals surface area contributed by atoms with E-state index < -0.39 is 0 Å². The van der Waals surface area contributed by atoms with E-state index in [1.807, 2.05) is 0 Å². The van der Waals surface area contributed by atoms with Crippen LogP contribution in [0.25, 0.3) is 0 Å². The topological polar surface area (TPSA) is 127 Å². The maximum absolute atomic E-state index is 8.06. The van der Waals surface area contributed by atoms with Crippen LogP contribution in [0.3, 0.4) is 0 Å². The molecule has 0 amide bonds. The Labute approximate surface area is 157 Å². The van der Waals surface area contributed by atoms with Gasteiger partial charge in [0.1, 0.15) is 12.4 Å². The highest BCUT2D eigenvalue weighted by atomic mass is 35.5. The summed E-state index contributed by atoms with van der Waals surface area (Å²) in [5.74, 6) is 0.698. The molecule has 0 saturated carbocycles. The lowest BCUT2D eigenvalue weighted by Gasteiger charge is -2.37. The van der Waals surface area contributed by atoms with E-state index in [9.17, 15) is 0 Å². The molecule has 3 heterocycles. The van der Waals surface area contributed by atoms with Crippen molar-refractivity contribution in [3.63, 3.8) is 0 Å². The third-order valence-electron chi connectivity index (χ3n) is 4.46. The van der Waals surface area contributed by atoms with Crippen molar-refractivity contribution in [2.75, 3.05) is 23.7 Å². The molecule has 138 valence electrons. The first-order valence-corrected chi connectivity index (χ1v) is 8.70. The van der Waals surface area contributed by atoms with Crippen LogP contribution in [0.15, 0.2) is 24.7 Å². The van der Waals surface area contributed by atoms with E-state index in [2.05, 4.69) is 26.8 Å². The number of nitrogens with two attached hydrogens (primary N) is 2. The number of rotatable bonds is 4. The summed E-state index contributed by atoms with van der Waals surface area (Å²) in [5, 5.41) is 8.54. The van der Waals surface area contributed by atoms with Crippen LogP contribution in [-0.4, -0.2) is 39.5 Å². The van der Waals surface area contributed by atoms with Crippen LogP contribution in [0.4, 0.5) is 11.6 Å². The quantitative estimate of drug-likeness (QED) is 0.550. The van der Waals surface area contributed by atoms with Gasteiger partial charge < -0.3 is 21.1 Å². The third-order valence-corrected chi connectivity index (χ3v) is 4.80. The standard InChI is InChI=1S/C17H22ClN7O/c1-17(21)3-6-25(7-4-17)13-9-23-14(15(19)24-13)16(20)26-10-11-2-5-22-8-12(11)18/h2,5,8-9,20H,3-4,6-7,10,21H2,1H3,(H2,19,24). The summed E-state index contributed by atoms with van der Waals surface area (Å²) >= 11 is 6.03. The molecule has 0 bridgehead atoms. The second-order valence-corrected chi connectivity index (χ2v) is 7.10. The van der Waals surface area contributed by atoms with Gasteiger partial charge in [0.15, 0.2) is 11.5 Å². The molecule has 1 saturated heterocycles. The Hall–Kier alpha value is -2.45. The van der Waals surface area contributed by atoms with Crippen LogP contribution < -0.4 is 16.4 Å². The second kappa shape index (κ2) is 7.43. The van der Waals surface area contributed by atoms with Crippen molar-refractivity contribution in [3.05, 3.63) is 40.9 Å². The van der Waals surface area contributed by atoms with E-state index in [1.54, 1.807) is 18.5 Å². The van der Waals surface area contributed by atoms with Gasteiger partial charge in [-0.25, -0.2) is 9.97 Å². The second-order valence-electron chi connectivity index (χ2n) is 6.69. The minimum atomic E-state index is -0.150. The van der Waals surface area contributed by atoms with E-state index in [1.165, 1.54) is 6.20 Å². The number of hydrogen-bond acceptors (Lipinski definition) is 8. The van der Waals surface area contributed by atoms with Gasteiger partial charge >= 0.3 is 0 Å². The van der Waals surface area contributed by atoms with E-state index in [4.69, 9.17) is 33.2 Å². The monoisotopic (exact) mass is 375 g/mol. The Balaban J connectivity index is 1.65. The minimum absolute atomic E-state index is 0.129. The fraction of sp³-hybridized carbons (Fsp3) is 0.412. The average molecular weight is 376 g/mol. The highest BCUT2D eigenvalue weighted by Gasteiger charge is 2.27. The van der Waals surface area contributed by atoms with E-state index >= 15 is 0 Å². The Morgan fingerprint density at radius 1 is 1.38 bits per heavy atom. The molecule has 0 atom stereocenters. The van der Waals surface area contributed by atoms with Gasteiger partial charge in [-0.1, -0.05) is 11.6 Å². The SMILES string of the molecule is CC1(N)CCN(c2cnc(C(=N)OCc3ccncc3Cl)c(N)n2)CC1. The van der Waals surface area contributed by atoms with Crippen molar-refractivity contribution in [3.8, 4) is 0 Å². The maximum Gasteiger partial charge on any atom is 0.236 e. The third kappa shape index (κ3) is 4.20. The lowest BCUT2D eigenvalue weighted by atomic mass is 9.91. The number of anilines is 2. The van der Waals surface area contributed by atoms with Crippen LogP contribution in [0.5, 0.6) is 0 Å². The normalized spacial score (nSPS) is 16.3. The van der Waals surface area contributed by atoms with Crippen LogP contribution in [-0.2, 0) is 11.3 Å².